The van der Waals surface area contributed by atoms with Gasteiger partial charge in [0, 0.05) is 12.1 Å². The second-order valence-corrected chi connectivity index (χ2v) is 6.47. The predicted molar refractivity (Wildman–Crippen MR) is 77.8 cm³/mol. The Kier molecular flexibility index (Phi) is 4.14. The Bertz CT molecular complexity index is 470. The van der Waals surface area contributed by atoms with Gasteiger partial charge in [-0.1, -0.05) is 25.0 Å². The minimum absolute atomic E-state index is 0.0140. The van der Waals surface area contributed by atoms with Crippen molar-refractivity contribution in [1.82, 2.24) is 5.32 Å². The van der Waals surface area contributed by atoms with Crippen LogP contribution >= 0.6 is 0 Å². The zero-order valence-electron chi connectivity index (χ0n) is 12.2. The van der Waals surface area contributed by atoms with E-state index in [1.807, 2.05) is 13.8 Å². The summed E-state index contributed by atoms with van der Waals surface area (Å²) in [6.07, 6.45) is 3.68. The number of nitrogens with two attached hydrogens (primary N) is 1. The second-order valence-electron chi connectivity index (χ2n) is 6.47. The fourth-order valence-electron chi connectivity index (χ4n) is 2.87. The Morgan fingerprint density at radius 3 is 2.35 bits per heavy atom. The van der Waals surface area contributed by atoms with Crippen molar-refractivity contribution in [2.45, 2.75) is 50.5 Å². The Morgan fingerprint density at radius 2 is 1.85 bits per heavy atom. The summed E-state index contributed by atoms with van der Waals surface area (Å²) >= 11 is 0. The Labute approximate surface area is 119 Å². The van der Waals surface area contributed by atoms with E-state index >= 15 is 0 Å². The highest BCUT2D eigenvalue weighted by atomic mass is 19.1. The van der Waals surface area contributed by atoms with E-state index in [0.717, 1.165) is 31.2 Å². The molecule has 0 aliphatic heterocycles. The molecule has 2 rings (SSSR count). The number of carbonyl (C=O) groups is 1. The van der Waals surface area contributed by atoms with E-state index in [2.05, 4.69) is 5.32 Å². The first-order valence-corrected chi connectivity index (χ1v) is 7.17. The number of hydrogen-bond donors (Lipinski definition) is 2. The molecule has 1 aliphatic rings. The van der Waals surface area contributed by atoms with Crippen LogP contribution in [0, 0.1) is 5.82 Å². The lowest BCUT2D eigenvalue weighted by atomic mass is 9.78. The van der Waals surface area contributed by atoms with Crippen molar-refractivity contribution in [1.29, 1.82) is 0 Å². The lowest BCUT2D eigenvalue weighted by Gasteiger charge is -2.30. The molecule has 0 aromatic heterocycles. The van der Waals surface area contributed by atoms with Crippen LogP contribution in [-0.2, 0) is 10.2 Å². The summed E-state index contributed by atoms with van der Waals surface area (Å²) in [5.74, 6) is -0.259. The van der Waals surface area contributed by atoms with Gasteiger partial charge in [-0.2, -0.15) is 0 Å². The molecule has 0 unspecified atom stereocenters. The smallest absolute Gasteiger partial charge is 0.230 e. The maximum Gasteiger partial charge on any atom is 0.230 e. The van der Waals surface area contributed by atoms with Gasteiger partial charge in [-0.05, 0) is 44.4 Å². The molecule has 0 heterocycles. The molecule has 0 saturated heterocycles. The largest absolute Gasteiger partial charge is 0.354 e. The monoisotopic (exact) mass is 278 g/mol. The molecule has 4 heteroatoms. The predicted octanol–water partition coefficient (Wildman–Crippen LogP) is 2.49. The van der Waals surface area contributed by atoms with E-state index in [4.69, 9.17) is 5.73 Å². The first-order valence-electron chi connectivity index (χ1n) is 7.17. The minimum atomic E-state index is -0.515. The van der Waals surface area contributed by atoms with E-state index < -0.39 is 11.0 Å². The van der Waals surface area contributed by atoms with Gasteiger partial charge in [0.1, 0.15) is 5.82 Å². The topological polar surface area (TPSA) is 55.1 Å². The van der Waals surface area contributed by atoms with Gasteiger partial charge >= 0.3 is 0 Å². The van der Waals surface area contributed by atoms with Gasteiger partial charge in [-0.3, -0.25) is 4.79 Å². The van der Waals surface area contributed by atoms with Crippen molar-refractivity contribution in [3.05, 3.63) is 35.6 Å². The van der Waals surface area contributed by atoms with Crippen LogP contribution in [0.25, 0.3) is 0 Å². The summed E-state index contributed by atoms with van der Waals surface area (Å²) in [5.41, 5.74) is 5.88. The third-order valence-corrected chi connectivity index (χ3v) is 3.99. The van der Waals surface area contributed by atoms with Crippen molar-refractivity contribution in [3.8, 4) is 0 Å². The average molecular weight is 278 g/mol. The molecule has 1 saturated carbocycles. The number of hydrogen-bond acceptors (Lipinski definition) is 2. The minimum Gasteiger partial charge on any atom is -0.354 e. The van der Waals surface area contributed by atoms with E-state index in [1.165, 1.54) is 12.1 Å². The first kappa shape index (κ1) is 15.0. The number of halogens is 1. The Hall–Kier alpha value is -1.42. The van der Waals surface area contributed by atoms with Gasteiger partial charge in [-0.25, -0.2) is 4.39 Å². The normalized spacial score (nSPS) is 18.0. The molecule has 1 fully saturated rings. The molecular formula is C16H23FN2O. The molecular weight excluding hydrogens is 255 g/mol. The van der Waals surface area contributed by atoms with Gasteiger partial charge in [0.2, 0.25) is 5.91 Å². The lowest BCUT2D eigenvalue weighted by Crippen LogP contribution is -2.50. The number of nitrogens with one attached hydrogen (secondary N) is 1. The molecule has 1 amide bonds. The van der Waals surface area contributed by atoms with E-state index in [0.29, 0.717) is 6.54 Å². The van der Waals surface area contributed by atoms with Crippen molar-refractivity contribution < 1.29 is 9.18 Å². The Balaban J connectivity index is 2.21. The van der Waals surface area contributed by atoms with Gasteiger partial charge in [-0.15, -0.1) is 0 Å². The zero-order valence-corrected chi connectivity index (χ0v) is 12.2. The SMILES string of the molecule is CC(C)(N)CNC(=O)C1(c2ccc(F)cc2)CCCC1. The fourth-order valence-corrected chi connectivity index (χ4v) is 2.87. The van der Waals surface area contributed by atoms with Crippen LogP contribution in [0.2, 0.25) is 0 Å². The molecule has 0 bridgehead atoms. The molecule has 0 atom stereocenters. The summed E-state index contributed by atoms with van der Waals surface area (Å²) in [5, 5.41) is 2.96. The highest BCUT2D eigenvalue weighted by molar-refractivity contribution is 5.88. The molecule has 20 heavy (non-hydrogen) atoms. The summed E-state index contributed by atoms with van der Waals surface area (Å²) in [6, 6.07) is 6.31. The highest BCUT2D eigenvalue weighted by Gasteiger charge is 2.42. The summed E-state index contributed by atoms with van der Waals surface area (Å²) < 4.78 is 13.1. The maximum atomic E-state index is 13.1. The van der Waals surface area contributed by atoms with E-state index in [9.17, 15) is 9.18 Å². The highest BCUT2D eigenvalue weighted by Crippen LogP contribution is 2.41. The molecule has 110 valence electrons. The van der Waals surface area contributed by atoms with Crippen LogP contribution in [0.1, 0.15) is 45.1 Å². The molecule has 3 nitrogen and oxygen atoms in total. The summed E-state index contributed by atoms with van der Waals surface area (Å²) in [6.45, 7) is 4.20. The van der Waals surface area contributed by atoms with E-state index in [-0.39, 0.29) is 11.7 Å². The third kappa shape index (κ3) is 3.18. The van der Waals surface area contributed by atoms with Gasteiger partial charge in [0.15, 0.2) is 0 Å². The summed E-state index contributed by atoms with van der Waals surface area (Å²) in [4.78, 5) is 12.6. The van der Waals surface area contributed by atoms with E-state index in [1.54, 1.807) is 12.1 Å². The van der Waals surface area contributed by atoms with Crippen LogP contribution in [0.4, 0.5) is 4.39 Å². The van der Waals surface area contributed by atoms with Gasteiger partial charge in [0.05, 0.1) is 5.41 Å². The van der Waals surface area contributed by atoms with Gasteiger partial charge in [0.25, 0.3) is 0 Å². The summed E-state index contributed by atoms with van der Waals surface area (Å²) in [7, 11) is 0. The lowest BCUT2D eigenvalue weighted by molar-refractivity contribution is -0.126. The van der Waals surface area contributed by atoms with Crippen LogP contribution in [0.3, 0.4) is 0 Å². The van der Waals surface area contributed by atoms with Crippen molar-refractivity contribution >= 4 is 5.91 Å². The van der Waals surface area contributed by atoms with Gasteiger partial charge < -0.3 is 11.1 Å². The molecule has 1 aromatic rings. The van der Waals surface area contributed by atoms with Crippen molar-refractivity contribution in [3.63, 3.8) is 0 Å². The molecule has 0 spiro atoms. The fraction of sp³-hybridized carbons (Fsp3) is 0.562. The maximum absolute atomic E-state index is 13.1. The van der Waals surface area contributed by atoms with Crippen molar-refractivity contribution in [2.75, 3.05) is 6.54 Å². The number of carbonyl (C=O) groups excluding carboxylic acids is 1. The second kappa shape index (κ2) is 5.52. The molecule has 1 aliphatic carbocycles. The number of rotatable bonds is 4. The van der Waals surface area contributed by atoms with Crippen LogP contribution in [0.15, 0.2) is 24.3 Å². The molecule has 1 aromatic carbocycles. The quantitative estimate of drug-likeness (QED) is 0.889. The standard InChI is InChI=1S/C16H23FN2O/c1-15(2,18)11-19-14(20)16(9-3-4-10-16)12-5-7-13(17)8-6-12/h5-8H,3-4,9-11,18H2,1-2H3,(H,19,20). The zero-order chi connectivity index (χ0) is 14.8. The van der Waals surface area contributed by atoms with Crippen molar-refractivity contribution in [2.24, 2.45) is 5.73 Å². The average Bonchev–Trinajstić information content (AvgIpc) is 2.86. The molecule has 3 N–H and O–H groups in total. The van der Waals surface area contributed by atoms with Crippen LogP contribution in [-0.4, -0.2) is 18.0 Å². The van der Waals surface area contributed by atoms with Crippen LogP contribution < -0.4 is 11.1 Å². The first-order chi connectivity index (χ1) is 9.33. The molecule has 0 radical (unpaired) electrons. The third-order valence-electron chi connectivity index (χ3n) is 3.99. The number of benzene rings is 1. The van der Waals surface area contributed by atoms with Crippen LogP contribution in [0.5, 0.6) is 0 Å². The number of amides is 1. The Morgan fingerprint density at radius 1 is 1.30 bits per heavy atom.